The molecule has 0 aromatic carbocycles. The molecule has 1 aromatic heterocycles. The summed E-state index contributed by atoms with van der Waals surface area (Å²) in [6.45, 7) is 4.76. The number of hydrogen-bond acceptors (Lipinski definition) is 4. The number of ether oxygens (including phenoxy) is 1. The number of rotatable bonds is 4. The van der Waals surface area contributed by atoms with E-state index in [0.29, 0.717) is 13.2 Å². The molecule has 2 N–H and O–H groups in total. The van der Waals surface area contributed by atoms with E-state index in [1.54, 1.807) is 12.3 Å². The smallest absolute Gasteiger partial charge is 0.162 e. The monoisotopic (exact) mass is 170 g/mol. The fourth-order valence-corrected chi connectivity index (χ4v) is 0.731. The van der Waals surface area contributed by atoms with Gasteiger partial charge in [0.05, 0.1) is 12.8 Å². The van der Waals surface area contributed by atoms with E-state index in [9.17, 15) is 0 Å². The van der Waals surface area contributed by atoms with Crippen molar-refractivity contribution < 1.29 is 9.26 Å². The van der Waals surface area contributed by atoms with Gasteiger partial charge in [-0.05, 0) is 13.8 Å². The van der Waals surface area contributed by atoms with Crippen LogP contribution in [0, 0.1) is 0 Å². The van der Waals surface area contributed by atoms with E-state index in [1.807, 2.05) is 13.8 Å². The van der Waals surface area contributed by atoms with Crippen molar-refractivity contribution in [3.05, 3.63) is 18.0 Å². The zero-order valence-corrected chi connectivity index (χ0v) is 7.41. The SMILES string of the molecule is CC(C)(N)COCc1ccno1. The maximum atomic E-state index is 5.70. The van der Waals surface area contributed by atoms with Gasteiger partial charge in [-0.15, -0.1) is 0 Å². The zero-order chi connectivity index (χ0) is 9.03. The van der Waals surface area contributed by atoms with Crippen molar-refractivity contribution in [2.24, 2.45) is 5.73 Å². The first-order valence-electron chi connectivity index (χ1n) is 3.84. The molecule has 0 saturated carbocycles. The van der Waals surface area contributed by atoms with Gasteiger partial charge in [-0.25, -0.2) is 0 Å². The molecule has 0 unspecified atom stereocenters. The lowest BCUT2D eigenvalue weighted by atomic mass is 10.1. The van der Waals surface area contributed by atoms with E-state index in [2.05, 4.69) is 5.16 Å². The largest absolute Gasteiger partial charge is 0.372 e. The minimum Gasteiger partial charge on any atom is -0.372 e. The first-order chi connectivity index (χ1) is 5.58. The van der Waals surface area contributed by atoms with E-state index in [-0.39, 0.29) is 5.54 Å². The summed E-state index contributed by atoms with van der Waals surface area (Å²) in [6, 6.07) is 1.77. The third-order valence-corrected chi connectivity index (χ3v) is 1.21. The lowest BCUT2D eigenvalue weighted by Crippen LogP contribution is -2.37. The maximum absolute atomic E-state index is 5.70. The normalized spacial score (nSPS) is 11.9. The number of nitrogens with zero attached hydrogens (tertiary/aromatic N) is 1. The van der Waals surface area contributed by atoms with Gasteiger partial charge in [0.25, 0.3) is 0 Å². The Labute approximate surface area is 71.7 Å². The van der Waals surface area contributed by atoms with Crippen LogP contribution in [0.25, 0.3) is 0 Å². The van der Waals surface area contributed by atoms with Crippen LogP contribution in [0.3, 0.4) is 0 Å². The molecule has 1 heterocycles. The molecule has 4 nitrogen and oxygen atoms in total. The van der Waals surface area contributed by atoms with E-state index in [4.69, 9.17) is 15.0 Å². The van der Waals surface area contributed by atoms with Crippen LogP contribution in [0.1, 0.15) is 19.6 Å². The van der Waals surface area contributed by atoms with E-state index in [1.165, 1.54) is 0 Å². The maximum Gasteiger partial charge on any atom is 0.162 e. The number of aromatic nitrogens is 1. The van der Waals surface area contributed by atoms with Gasteiger partial charge in [-0.3, -0.25) is 0 Å². The highest BCUT2D eigenvalue weighted by Crippen LogP contribution is 2.02. The molecule has 4 heteroatoms. The molecule has 1 rings (SSSR count). The van der Waals surface area contributed by atoms with Crippen molar-refractivity contribution in [3.8, 4) is 0 Å². The van der Waals surface area contributed by atoms with Crippen molar-refractivity contribution in [1.82, 2.24) is 5.16 Å². The average molecular weight is 170 g/mol. The molecule has 0 saturated heterocycles. The van der Waals surface area contributed by atoms with Crippen molar-refractivity contribution in [2.75, 3.05) is 6.61 Å². The third-order valence-electron chi connectivity index (χ3n) is 1.21. The lowest BCUT2D eigenvalue weighted by Gasteiger charge is -2.17. The van der Waals surface area contributed by atoms with E-state index >= 15 is 0 Å². The highest BCUT2D eigenvalue weighted by molar-refractivity contribution is 4.90. The summed E-state index contributed by atoms with van der Waals surface area (Å²) in [7, 11) is 0. The molecule has 0 radical (unpaired) electrons. The molecule has 0 fully saturated rings. The summed E-state index contributed by atoms with van der Waals surface area (Å²) in [4.78, 5) is 0. The lowest BCUT2D eigenvalue weighted by molar-refractivity contribution is 0.0702. The molecule has 0 aliphatic carbocycles. The minimum atomic E-state index is -0.292. The van der Waals surface area contributed by atoms with Crippen LogP contribution in [0.2, 0.25) is 0 Å². The van der Waals surface area contributed by atoms with Gasteiger partial charge in [0, 0.05) is 11.6 Å². The van der Waals surface area contributed by atoms with Gasteiger partial charge in [0.1, 0.15) is 6.61 Å². The zero-order valence-electron chi connectivity index (χ0n) is 7.41. The molecule has 68 valence electrons. The van der Waals surface area contributed by atoms with Crippen molar-refractivity contribution >= 4 is 0 Å². The second kappa shape index (κ2) is 3.69. The van der Waals surface area contributed by atoms with Gasteiger partial charge < -0.3 is 15.0 Å². The Morgan fingerprint density at radius 3 is 2.92 bits per heavy atom. The third kappa shape index (κ3) is 3.50. The van der Waals surface area contributed by atoms with Gasteiger partial charge in [0.15, 0.2) is 5.76 Å². The van der Waals surface area contributed by atoms with Crippen LogP contribution in [0.5, 0.6) is 0 Å². The molecule has 0 aliphatic heterocycles. The quantitative estimate of drug-likeness (QED) is 0.730. The van der Waals surface area contributed by atoms with Crippen LogP contribution in [0.15, 0.2) is 16.8 Å². The topological polar surface area (TPSA) is 61.3 Å². The Balaban J connectivity index is 2.20. The first-order valence-corrected chi connectivity index (χ1v) is 3.84. The van der Waals surface area contributed by atoms with Gasteiger partial charge in [-0.1, -0.05) is 5.16 Å². The first kappa shape index (κ1) is 9.22. The molecule has 0 bridgehead atoms. The molecule has 0 aliphatic rings. The van der Waals surface area contributed by atoms with Crippen LogP contribution >= 0.6 is 0 Å². The predicted octanol–water partition coefficient (Wildman–Crippen LogP) is 0.928. The van der Waals surface area contributed by atoms with Crippen LogP contribution in [-0.4, -0.2) is 17.3 Å². The summed E-state index contributed by atoms with van der Waals surface area (Å²) >= 11 is 0. The van der Waals surface area contributed by atoms with Gasteiger partial charge in [-0.2, -0.15) is 0 Å². The van der Waals surface area contributed by atoms with E-state index < -0.39 is 0 Å². The Bertz CT molecular complexity index is 213. The molecule has 0 spiro atoms. The summed E-state index contributed by atoms with van der Waals surface area (Å²) in [6.07, 6.45) is 1.59. The summed E-state index contributed by atoms with van der Waals surface area (Å²) < 4.78 is 10.1. The molecule has 0 amide bonds. The van der Waals surface area contributed by atoms with E-state index in [0.717, 1.165) is 5.76 Å². The number of nitrogens with two attached hydrogens (primary N) is 1. The Morgan fingerprint density at radius 2 is 2.42 bits per heavy atom. The fourth-order valence-electron chi connectivity index (χ4n) is 0.731. The second-order valence-corrected chi connectivity index (χ2v) is 3.46. The van der Waals surface area contributed by atoms with Gasteiger partial charge in [0.2, 0.25) is 0 Å². The Hall–Kier alpha value is -0.870. The highest BCUT2D eigenvalue weighted by Gasteiger charge is 2.10. The standard InChI is InChI=1S/C8H14N2O2/c1-8(2,9)6-11-5-7-3-4-10-12-7/h3-4H,5-6,9H2,1-2H3. The Kier molecular flexibility index (Phi) is 2.83. The average Bonchev–Trinajstić information content (AvgIpc) is 2.36. The molecule has 1 aromatic rings. The molecular weight excluding hydrogens is 156 g/mol. The highest BCUT2D eigenvalue weighted by atomic mass is 16.5. The van der Waals surface area contributed by atoms with Crippen LogP contribution in [0.4, 0.5) is 0 Å². The number of hydrogen-bond donors (Lipinski definition) is 1. The fraction of sp³-hybridized carbons (Fsp3) is 0.625. The predicted molar refractivity (Wildman–Crippen MR) is 44.4 cm³/mol. The summed E-state index contributed by atoms with van der Waals surface area (Å²) in [5.41, 5.74) is 5.41. The summed E-state index contributed by atoms with van der Waals surface area (Å²) in [5.74, 6) is 0.722. The van der Waals surface area contributed by atoms with Crippen molar-refractivity contribution in [1.29, 1.82) is 0 Å². The molecule has 12 heavy (non-hydrogen) atoms. The summed E-state index contributed by atoms with van der Waals surface area (Å²) in [5, 5.41) is 3.55. The van der Waals surface area contributed by atoms with Crippen LogP contribution < -0.4 is 5.73 Å². The molecular formula is C8H14N2O2. The van der Waals surface area contributed by atoms with Crippen molar-refractivity contribution in [2.45, 2.75) is 26.0 Å². The second-order valence-electron chi connectivity index (χ2n) is 3.46. The molecule has 0 atom stereocenters. The van der Waals surface area contributed by atoms with Gasteiger partial charge >= 0.3 is 0 Å². The van der Waals surface area contributed by atoms with Crippen LogP contribution in [-0.2, 0) is 11.3 Å². The minimum absolute atomic E-state index is 0.292. The van der Waals surface area contributed by atoms with Crippen molar-refractivity contribution in [3.63, 3.8) is 0 Å². The Morgan fingerprint density at radius 1 is 1.67 bits per heavy atom.